The van der Waals surface area contributed by atoms with Crippen LogP contribution in [-0.4, -0.2) is 15.2 Å². The third-order valence-electron chi connectivity index (χ3n) is 6.66. The van der Waals surface area contributed by atoms with Crippen molar-refractivity contribution >= 4 is 25.6 Å². The highest BCUT2D eigenvalue weighted by Crippen LogP contribution is 2.43. The molecule has 0 spiro atoms. The molecule has 0 radical (unpaired) electrons. The fourth-order valence-corrected chi connectivity index (χ4v) is 21.9. The molecule has 0 nitrogen and oxygen atoms in total. The molecule has 0 unspecified atom stereocenters. The lowest BCUT2D eigenvalue weighted by Crippen LogP contribution is -2.75. The Labute approximate surface area is 159 Å². The summed E-state index contributed by atoms with van der Waals surface area (Å²) in [5.74, 6) is 0. The van der Waals surface area contributed by atoms with Crippen LogP contribution in [0.25, 0.3) is 0 Å². The first-order valence-electron chi connectivity index (χ1n) is 9.48. The third kappa shape index (κ3) is 2.56. The van der Waals surface area contributed by atoms with Gasteiger partial charge in [0.25, 0.3) is 0 Å². The SMILES string of the molecule is C[Si@](c1ccccc1)(C1C=CC=C1)[Si@](C)(c1ccccc1)C1C=CC=C1. The van der Waals surface area contributed by atoms with Crippen molar-refractivity contribution in [2.45, 2.75) is 24.2 Å². The maximum atomic E-state index is 2.65. The average molecular weight is 371 g/mol. The molecule has 0 saturated heterocycles. The number of allylic oxidation sites excluding steroid dienone is 8. The van der Waals surface area contributed by atoms with Gasteiger partial charge in [-0.3, -0.25) is 0 Å². The van der Waals surface area contributed by atoms with E-state index in [0.717, 1.165) is 0 Å². The van der Waals surface area contributed by atoms with Gasteiger partial charge in [0, 0.05) is 0 Å². The molecule has 0 fully saturated rings. The molecular weight excluding hydrogens is 344 g/mol. The van der Waals surface area contributed by atoms with Gasteiger partial charge in [0.2, 0.25) is 0 Å². The van der Waals surface area contributed by atoms with Crippen LogP contribution in [0.3, 0.4) is 0 Å². The van der Waals surface area contributed by atoms with Gasteiger partial charge in [-0.2, -0.15) is 0 Å². The van der Waals surface area contributed by atoms with Crippen LogP contribution in [0.15, 0.2) is 109 Å². The molecule has 2 atom stereocenters. The van der Waals surface area contributed by atoms with Crippen molar-refractivity contribution in [2.75, 3.05) is 0 Å². The molecule has 0 saturated carbocycles. The van der Waals surface area contributed by atoms with Gasteiger partial charge in [0.05, 0.1) is 15.2 Å². The first-order valence-corrected chi connectivity index (χ1v) is 15.6. The average Bonchev–Trinajstić information content (AvgIpc) is 3.42. The Kier molecular flexibility index (Phi) is 4.55. The minimum Gasteiger partial charge on any atom is -0.0802 e. The van der Waals surface area contributed by atoms with Crippen molar-refractivity contribution in [3.63, 3.8) is 0 Å². The zero-order valence-electron chi connectivity index (χ0n) is 15.5. The van der Waals surface area contributed by atoms with Gasteiger partial charge in [-0.25, -0.2) is 0 Å². The van der Waals surface area contributed by atoms with E-state index < -0.39 is 15.2 Å². The Morgan fingerprint density at radius 3 is 1.12 bits per heavy atom. The molecule has 2 aliphatic carbocycles. The number of rotatable bonds is 5. The topological polar surface area (TPSA) is 0 Å². The highest BCUT2D eigenvalue weighted by atomic mass is 29.3. The Morgan fingerprint density at radius 1 is 0.500 bits per heavy atom. The lowest BCUT2D eigenvalue weighted by Gasteiger charge is -2.49. The molecule has 2 aromatic carbocycles. The van der Waals surface area contributed by atoms with E-state index in [1.165, 1.54) is 0 Å². The molecule has 2 heteroatoms. The van der Waals surface area contributed by atoms with Crippen molar-refractivity contribution in [1.29, 1.82) is 0 Å². The highest BCUT2D eigenvalue weighted by Gasteiger charge is 2.56. The molecule has 26 heavy (non-hydrogen) atoms. The summed E-state index contributed by atoms with van der Waals surface area (Å²) in [7, 11) is -3.78. The van der Waals surface area contributed by atoms with E-state index in [2.05, 4.69) is 122 Å². The van der Waals surface area contributed by atoms with Crippen molar-refractivity contribution in [3.8, 4) is 0 Å². The fourth-order valence-electron chi connectivity index (χ4n) is 4.88. The number of benzene rings is 2. The van der Waals surface area contributed by atoms with E-state index in [1.54, 1.807) is 10.4 Å². The Morgan fingerprint density at radius 2 is 0.808 bits per heavy atom. The Balaban J connectivity index is 1.99. The largest absolute Gasteiger partial charge is 0.0936 e. The van der Waals surface area contributed by atoms with Crippen LogP contribution in [0.1, 0.15) is 0 Å². The highest BCUT2D eigenvalue weighted by molar-refractivity contribution is 7.52. The van der Waals surface area contributed by atoms with Crippen LogP contribution in [-0.2, 0) is 0 Å². The molecule has 0 amide bonds. The van der Waals surface area contributed by atoms with E-state index in [9.17, 15) is 0 Å². The first kappa shape index (κ1) is 17.3. The molecule has 0 heterocycles. The van der Waals surface area contributed by atoms with Crippen LogP contribution < -0.4 is 10.4 Å². The summed E-state index contributed by atoms with van der Waals surface area (Å²) in [6.07, 6.45) is 18.8. The maximum absolute atomic E-state index is 2.65. The molecule has 2 aromatic rings. The molecule has 0 aliphatic heterocycles. The van der Waals surface area contributed by atoms with Crippen LogP contribution in [0.5, 0.6) is 0 Å². The molecule has 0 bridgehead atoms. The van der Waals surface area contributed by atoms with Gasteiger partial charge in [-0.15, -0.1) is 0 Å². The van der Waals surface area contributed by atoms with Crippen molar-refractivity contribution < 1.29 is 0 Å². The minimum absolute atomic E-state index is 0.559. The quantitative estimate of drug-likeness (QED) is 0.648. The van der Waals surface area contributed by atoms with Gasteiger partial charge in [0.15, 0.2) is 0 Å². The van der Waals surface area contributed by atoms with Crippen LogP contribution in [0.2, 0.25) is 24.2 Å². The smallest absolute Gasteiger partial charge is 0.0802 e. The Hall–Kier alpha value is -2.17. The van der Waals surface area contributed by atoms with Crippen LogP contribution >= 0.6 is 0 Å². The summed E-state index contributed by atoms with van der Waals surface area (Å²) in [4.78, 5) is 0. The van der Waals surface area contributed by atoms with Gasteiger partial charge in [-0.05, 0) is 11.1 Å². The second-order valence-corrected chi connectivity index (χ2v) is 21.3. The normalized spacial score (nSPS) is 21.2. The molecule has 130 valence electrons. The fraction of sp³-hybridized carbons (Fsp3) is 0.167. The molecule has 4 rings (SSSR count). The monoisotopic (exact) mass is 370 g/mol. The maximum Gasteiger partial charge on any atom is 0.0936 e. The Bertz CT molecular complexity index is 779. The zero-order valence-corrected chi connectivity index (χ0v) is 17.5. The molecule has 0 N–H and O–H groups in total. The molecular formula is C24H26Si2. The summed E-state index contributed by atoms with van der Waals surface area (Å²) in [5, 5.41) is 3.18. The van der Waals surface area contributed by atoms with E-state index in [1.807, 2.05) is 0 Å². The van der Waals surface area contributed by atoms with Gasteiger partial charge in [0.1, 0.15) is 0 Å². The van der Waals surface area contributed by atoms with Gasteiger partial charge < -0.3 is 0 Å². The van der Waals surface area contributed by atoms with Crippen molar-refractivity contribution in [3.05, 3.63) is 109 Å². The van der Waals surface area contributed by atoms with Gasteiger partial charge in [-0.1, -0.05) is 133 Å². The van der Waals surface area contributed by atoms with E-state index >= 15 is 0 Å². The predicted molar refractivity (Wildman–Crippen MR) is 119 cm³/mol. The summed E-state index contributed by atoms with van der Waals surface area (Å²) in [6.45, 7) is 5.29. The van der Waals surface area contributed by atoms with Gasteiger partial charge >= 0.3 is 0 Å². The predicted octanol–water partition coefficient (Wildman–Crippen LogP) is 5.03. The lowest BCUT2D eigenvalue weighted by molar-refractivity contribution is 1.28. The lowest BCUT2D eigenvalue weighted by atomic mass is 10.4. The first-order chi connectivity index (χ1) is 12.7. The summed E-state index contributed by atoms with van der Waals surface area (Å²) >= 11 is 0. The van der Waals surface area contributed by atoms with Crippen molar-refractivity contribution in [1.82, 2.24) is 0 Å². The standard InChI is InChI=1S/C24H26Si2/c1-25(23-17-9-10-18-23,21-13-5-3-6-14-21)26(2,24-19-11-12-20-24)22-15-7-4-8-16-22/h3-20,23-24H,1-2H3/t25-,26+. The molecule has 0 aromatic heterocycles. The minimum atomic E-state index is -1.89. The van der Waals surface area contributed by atoms with Crippen LogP contribution in [0, 0.1) is 0 Å². The van der Waals surface area contributed by atoms with E-state index in [4.69, 9.17) is 0 Å². The summed E-state index contributed by atoms with van der Waals surface area (Å²) in [6, 6.07) is 22.8. The second kappa shape index (κ2) is 6.86. The zero-order chi connectivity index (χ0) is 18.0. The van der Waals surface area contributed by atoms with Crippen molar-refractivity contribution in [2.24, 2.45) is 0 Å². The van der Waals surface area contributed by atoms with Crippen LogP contribution in [0.4, 0.5) is 0 Å². The second-order valence-electron chi connectivity index (χ2n) is 7.73. The van der Waals surface area contributed by atoms with E-state index in [-0.39, 0.29) is 0 Å². The summed E-state index contributed by atoms with van der Waals surface area (Å²) in [5.41, 5.74) is 1.12. The third-order valence-corrected chi connectivity index (χ3v) is 25.5. The number of hydrogen-bond acceptors (Lipinski definition) is 0. The van der Waals surface area contributed by atoms with E-state index in [0.29, 0.717) is 11.1 Å². The molecule has 2 aliphatic rings. The summed E-state index contributed by atoms with van der Waals surface area (Å²) < 4.78 is 0. The number of hydrogen-bond donors (Lipinski definition) is 0.